The van der Waals surface area contributed by atoms with Gasteiger partial charge in [-0.05, 0) is 27.6 Å². The maximum Gasteiger partial charge on any atom is 0.328 e. The maximum atomic E-state index is 12.9. The van der Waals surface area contributed by atoms with Crippen LogP contribution in [0.15, 0.2) is 38.7 Å². The second-order valence-corrected chi connectivity index (χ2v) is 4.23. The summed E-state index contributed by atoms with van der Waals surface area (Å²) in [5.74, 6) is -0.473. The zero-order valence-electron chi connectivity index (χ0n) is 8.48. The molecule has 0 aliphatic heterocycles. The van der Waals surface area contributed by atoms with E-state index in [9.17, 15) is 14.0 Å². The standard InChI is InChI=1S/C10H7BrFN3O2/c11-8-5-15(10(17)14-9(8)16)4-6-1-7(12)3-13-2-6/h1-3,5H,4H2,(H,14,16,17). The minimum atomic E-state index is -0.553. The number of pyridine rings is 1. The second-order valence-electron chi connectivity index (χ2n) is 3.38. The molecule has 0 atom stereocenters. The van der Waals surface area contributed by atoms with Crippen LogP contribution >= 0.6 is 15.9 Å². The lowest BCUT2D eigenvalue weighted by Crippen LogP contribution is -2.30. The van der Waals surface area contributed by atoms with Gasteiger partial charge in [-0.25, -0.2) is 9.18 Å². The van der Waals surface area contributed by atoms with Gasteiger partial charge >= 0.3 is 5.69 Å². The predicted octanol–water partition coefficient (Wildman–Crippen LogP) is 0.881. The third-order valence-corrected chi connectivity index (χ3v) is 2.65. The Morgan fingerprint density at radius 3 is 2.88 bits per heavy atom. The summed E-state index contributed by atoms with van der Waals surface area (Å²) >= 11 is 3.01. The van der Waals surface area contributed by atoms with E-state index in [4.69, 9.17) is 0 Å². The molecule has 88 valence electrons. The fourth-order valence-electron chi connectivity index (χ4n) is 1.34. The Labute approximate surface area is 103 Å². The average Bonchev–Trinajstić information content (AvgIpc) is 2.26. The first-order chi connectivity index (χ1) is 8.06. The molecule has 0 saturated heterocycles. The molecular weight excluding hydrogens is 293 g/mol. The molecule has 2 aromatic rings. The smallest absolute Gasteiger partial charge is 0.295 e. The average molecular weight is 300 g/mol. The quantitative estimate of drug-likeness (QED) is 0.895. The minimum absolute atomic E-state index is 0.138. The van der Waals surface area contributed by atoms with Crippen molar-refractivity contribution in [2.45, 2.75) is 6.54 Å². The van der Waals surface area contributed by atoms with Crippen molar-refractivity contribution in [3.05, 3.63) is 61.3 Å². The molecule has 0 spiro atoms. The fourth-order valence-corrected chi connectivity index (χ4v) is 1.69. The van der Waals surface area contributed by atoms with E-state index in [0.717, 1.165) is 6.20 Å². The van der Waals surface area contributed by atoms with Crippen molar-refractivity contribution >= 4 is 15.9 Å². The van der Waals surface area contributed by atoms with Gasteiger partial charge in [-0.1, -0.05) is 0 Å². The number of rotatable bonds is 2. The number of hydrogen-bond acceptors (Lipinski definition) is 3. The Kier molecular flexibility index (Phi) is 3.19. The number of nitrogens with one attached hydrogen (secondary N) is 1. The van der Waals surface area contributed by atoms with Crippen molar-refractivity contribution in [2.75, 3.05) is 0 Å². The molecular formula is C10H7BrFN3O2. The Bertz CT molecular complexity index is 665. The molecule has 0 amide bonds. The first-order valence-corrected chi connectivity index (χ1v) is 5.44. The summed E-state index contributed by atoms with van der Waals surface area (Å²) in [5.41, 5.74) is -0.517. The van der Waals surface area contributed by atoms with E-state index in [0.29, 0.717) is 5.56 Å². The van der Waals surface area contributed by atoms with Gasteiger partial charge in [0, 0.05) is 12.4 Å². The Balaban J connectivity index is 2.40. The zero-order valence-corrected chi connectivity index (χ0v) is 10.1. The van der Waals surface area contributed by atoms with Gasteiger partial charge in [0.15, 0.2) is 0 Å². The van der Waals surface area contributed by atoms with Crippen LogP contribution in [0, 0.1) is 5.82 Å². The number of hydrogen-bond donors (Lipinski definition) is 1. The highest BCUT2D eigenvalue weighted by Crippen LogP contribution is 2.04. The van der Waals surface area contributed by atoms with Crippen LogP contribution in [0.2, 0.25) is 0 Å². The van der Waals surface area contributed by atoms with Crippen molar-refractivity contribution in [1.82, 2.24) is 14.5 Å². The topological polar surface area (TPSA) is 67.8 Å². The third-order valence-electron chi connectivity index (χ3n) is 2.08. The molecule has 0 aromatic carbocycles. The van der Waals surface area contributed by atoms with Crippen molar-refractivity contribution < 1.29 is 4.39 Å². The minimum Gasteiger partial charge on any atom is -0.295 e. The van der Waals surface area contributed by atoms with E-state index in [2.05, 4.69) is 25.9 Å². The molecule has 2 heterocycles. The molecule has 2 aromatic heterocycles. The summed E-state index contributed by atoms with van der Waals surface area (Å²) in [7, 11) is 0. The van der Waals surface area contributed by atoms with Gasteiger partial charge in [-0.2, -0.15) is 0 Å². The molecule has 7 heteroatoms. The molecule has 2 rings (SSSR count). The van der Waals surface area contributed by atoms with Crippen LogP contribution in [-0.4, -0.2) is 14.5 Å². The zero-order chi connectivity index (χ0) is 12.4. The second kappa shape index (κ2) is 4.62. The number of H-pyrrole nitrogens is 1. The summed E-state index contributed by atoms with van der Waals surface area (Å²) in [5, 5.41) is 0. The predicted molar refractivity (Wildman–Crippen MR) is 62.3 cm³/mol. The van der Waals surface area contributed by atoms with E-state index in [1.807, 2.05) is 0 Å². The highest BCUT2D eigenvalue weighted by Gasteiger charge is 2.03. The Morgan fingerprint density at radius 2 is 2.18 bits per heavy atom. The molecule has 1 N–H and O–H groups in total. The highest BCUT2D eigenvalue weighted by molar-refractivity contribution is 9.10. The normalized spacial score (nSPS) is 10.5. The Hall–Kier alpha value is -1.76. The fraction of sp³-hybridized carbons (Fsp3) is 0.100. The molecule has 0 bridgehead atoms. The van der Waals surface area contributed by atoms with Gasteiger partial charge in [-0.15, -0.1) is 0 Å². The van der Waals surface area contributed by atoms with Crippen molar-refractivity contribution in [1.29, 1.82) is 0 Å². The molecule has 0 fully saturated rings. The lowest BCUT2D eigenvalue weighted by Gasteiger charge is -2.05. The highest BCUT2D eigenvalue weighted by atomic mass is 79.9. The SMILES string of the molecule is O=c1[nH]c(=O)n(Cc2cncc(F)c2)cc1Br. The molecule has 0 unspecified atom stereocenters. The number of halogens is 2. The first kappa shape index (κ1) is 11.7. The summed E-state index contributed by atoms with van der Waals surface area (Å²) < 4.78 is 14.4. The molecule has 0 aliphatic carbocycles. The number of aromatic amines is 1. The van der Waals surface area contributed by atoms with E-state index >= 15 is 0 Å². The lowest BCUT2D eigenvalue weighted by molar-refractivity contribution is 0.614. The van der Waals surface area contributed by atoms with Crippen LogP contribution in [-0.2, 0) is 6.54 Å². The largest absolute Gasteiger partial charge is 0.328 e. The van der Waals surface area contributed by atoms with Crippen LogP contribution in [0.4, 0.5) is 4.39 Å². The van der Waals surface area contributed by atoms with Gasteiger partial charge < -0.3 is 0 Å². The lowest BCUT2D eigenvalue weighted by atomic mass is 10.3. The van der Waals surface area contributed by atoms with Crippen molar-refractivity contribution in [3.8, 4) is 0 Å². The van der Waals surface area contributed by atoms with Crippen molar-refractivity contribution in [2.24, 2.45) is 0 Å². The van der Waals surface area contributed by atoms with Gasteiger partial charge in [0.1, 0.15) is 5.82 Å². The number of aromatic nitrogens is 3. The number of nitrogens with zero attached hydrogens (tertiary/aromatic N) is 2. The summed E-state index contributed by atoms with van der Waals surface area (Å²) in [6.07, 6.45) is 3.88. The van der Waals surface area contributed by atoms with E-state index < -0.39 is 17.1 Å². The summed E-state index contributed by atoms with van der Waals surface area (Å²) in [6, 6.07) is 1.28. The molecule has 0 radical (unpaired) electrons. The summed E-state index contributed by atoms with van der Waals surface area (Å²) in [6.45, 7) is 0.138. The van der Waals surface area contributed by atoms with Gasteiger partial charge in [-0.3, -0.25) is 19.3 Å². The molecule has 17 heavy (non-hydrogen) atoms. The van der Waals surface area contributed by atoms with E-state index in [1.54, 1.807) is 0 Å². The van der Waals surface area contributed by atoms with E-state index in [1.165, 1.54) is 23.0 Å². The molecule has 5 nitrogen and oxygen atoms in total. The van der Waals surface area contributed by atoms with Crippen LogP contribution in [0.5, 0.6) is 0 Å². The van der Waals surface area contributed by atoms with Gasteiger partial charge in [0.25, 0.3) is 5.56 Å². The first-order valence-electron chi connectivity index (χ1n) is 4.65. The third kappa shape index (κ3) is 2.68. The summed E-state index contributed by atoms with van der Waals surface area (Å²) in [4.78, 5) is 28.4. The van der Waals surface area contributed by atoms with Crippen molar-refractivity contribution in [3.63, 3.8) is 0 Å². The monoisotopic (exact) mass is 299 g/mol. The maximum absolute atomic E-state index is 12.9. The van der Waals surface area contributed by atoms with Crippen LogP contribution < -0.4 is 11.2 Å². The van der Waals surface area contributed by atoms with Crippen LogP contribution in [0.1, 0.15) is 5.56 Å². The molecule has 0 saturated carbocycles. The Morgan fingerprint density at radius 1 is 1.41 bits per heavy atom. The van der Waals surface area contributed by atoms with Gasteiger partial charge in [0.05, 0.1) is 17.2 Å². The van der Waals surface area contributed by atoms with Gasteiger partial charge in [0.2, 0.25) is 0 Å². The molecule has 0 aliphatic rings. The van der Waals surface area contributed by atoms with Crippen LogP contribution in [0.3, 0.4) is 0 Å². The van der Waals surface area contributed by atoms with Crippen LogP contribution in [0.25, 0.3) is 0 Å². The van der Waals surface area contributed by atoms with E-state index in [-0.39, 0.29) is 11.0 Å².